The third-order valence-electron chi connectivity index (χ3n) is 5.90. The Morgan fingerprint density at radius 3 is 2.75 bits per heavy atom. The van der Waals surface area contributed by atoms with Crippen LogP contribution < -0.4 is 10.1 Å². The van der Waals surface area contributed by atoms with Crippen LogP contribution in [0.2, 0.25) is 0 Å². The molecule has 0 saturated carbocycles. The largest absolute Gasteiger partial charge is 0.497 e. The molecule has 0 aliphatic rings. The zero-order chi connectivity index (χ0) is 22.8. The summed E-state index contributed by atoms with van der Waals surface area (Å²) in [5.74, 6) is 0.798. The first-order valence-corrected chi connectivity index (χ1v) is 11.6. The summed E-state index contributed by atoms with van der Waals surface area (Å²) < 4.78 is 7.58. The van der Waals surface area contributed by atoms with Crippen molar-refractivity contribution in [2.45, 2.75) is 51.9 Å². The molecule has 5 nitrogen and oxygen atoms in total. The number of hydrogen-bond acceptors (Lipinski definition) is 3. The molecule has 0 spiro atoms. The van der Waals surface area contributed by atoms with E-state index >= 15 is 0 Å². The zero-order valence-corrected chi connectivity index (χ0v) is 19.6. The van der Waals surface area contributed by atoms with Crippen molar-refractivity contribution < 1.29 is 9.53 Å². The number of aryl methyl sites for hydroxylation is 3. The van der Waals surface area contributed by atoms with Gasteiger partial charge in [0.15, 0.2) is 0 Å². The van der Waals surface area contributed by atoms with Crippen LogP contribution in [0.3, 0.4) is 0 Å². The fraction of sp³-hybridized carbons (Fsp3) is 0.407. The van der Waals surface area contributed by atoms with Crippen molar-refractivity contribution >= 4 is 22.9 Å². The molecule has 2 heterocycles. The molecule has 32 heavy (non-hydrogen) atoms. The molecule has 0 radical (unpaired) electrons. The van der Waals surface area contributed by atoms with Crippen LogP contribution >= 0.6 is 0 Å². The lowest BCUT2D eigenvalue weighted by molar-refractivity contribution is -0.116. The van der Waals surface area contributed by atoms with Gasteiger partial charge in [-0.1, -0.05) is 25.8 Å². The lowest BCUT2D eigenvalue weighted by Crippen LogP contribution is -2.22. The summed E-state index contributed by atoms with van der Waals surface area (Å²) in [4.78, 5) is 16.6. The molecular weight excluding hydrogens is 398 g/mol. The first-order valence-electron chi connectivity index (χ1n) is 11.6. The number of carbonyl (C=O) groups excluding carboxylic acids is 1. The first kappa shape index (κ1) is 23.6. The van der Waals surface area contributed by atoms with Crippen LogP contribution in [0.15, 0.2) is 48.8 Å². The Balaban J connectivity index is 1.63. The van der Waals surface area contributed by atoms with Gasteiger partial charge < -0.3 is 14.6 Å². The monoisotopic (exact) mass is 433 g/mol. The number of amides is 1. The number of nitrogens with one attached hydrogen (secondary N) is 1. The van der Waals surface area contributed by atoms with E-state index in [1.807, 2.05) is 24.4 Å². The molecule has 0 unspecified atom stereocenters. The summed E-state index contributed by atoms with van der Waals surface area (Å²) in [5.41, 5.74) is 4.77. The molecule has 1 aromatic carbocycles. The SMILES string of the molecule is CCCCCc1c(C=CC(=O)NCCCCc2cccnc2)n(C)c2cc(OC)ccc12. The molecule has 2 aromatic heterocycles. The van der Waals surface area contributed by atoms with Crippen LogP contribution in [0.4, 0.5) is 0 Å². The van der Waals surface area contributed by atoms with E-state index < -0.39 is 0 Å². The van der Waals surface area contributed by atoms with Gasteiger partial charge in [-0.2, -0.15) is 0 Å². The molecule has 3 rings (SSSR count). The molecule has 5 heteroatoms. The molecule has 0 bridgehead atoms. The number of fused-ring (bicyclic) bond motifs is 1. The third-order valence-corrected chi connectivity index (χ3v) is 5.90. The van der Waals surface area contributed by atoms with Gasteiger partial charge in [-0.25, -0.2) is 0 Å². The summed E-state index contributed by atoms with van der Waals surface area (Å²) in [5, 5.41) is 4.25. The number of nitrogens with zero attached hydrogens (tertiary/aromatic N) is 2. The summed E-state index contributed by atoms with van der Waals surface area (Å²) in [7, 11) is 3.75. The molecule has 1 N–H and O–H groups in total. The molecule has 0 aliphatic heterocycles. The molecule has 3 aromatic rings. The van der Waals surface area contributed by atoms with Crippen molar-refractivity contribution in [3.05, 3.63) is 65.6 Å². The quantitative estimate of drug-likeness (QED) is 0.304. The fourth-order valence-electron chi connectivity index (χ4n) is 4.09. The molecule has 1 amide bonds. The molecule has 0 fully saturated rings. The van der Waals surface area contributed by atoms with Crippen molar-refractivity contribution in [1.29, 1.82) is 0 Å². The van der Waals surface area contributed by atoms with Crippen molar-refractivity contribution in [1.82, 2.24) is 14.9 Å². The Morgan fingerprint density at radius 2 is 2.00 bits per heavy atom. The minimum absolute atomic E-state index is 0.0475. The number of methoxy groups -OCH3 is 1. The van der Waals surface area contributed by atoms with Crippen LogP contribution in [0.1, 0.15) is 55.8 Å². The second kappa shape index (κ2) is 12.1. The topological polar surface area (TPSA) is 56.2 Å². The van der Waals surface area contributed by atoms with Gasteiger partial charge in [0.05, 0.1) is 12.6 Å². The minimum atomic E-state index is -0.0475. The van der Waals surface area contributed by atoms with Gasteiger partial charge in [-0.15, -0.1) is 0 Å². The highest BCUT2D eigenvalue weighted by Gasteiger charge is 2.14. The Bertz CT molecular complexity index is 1040. The van der Waals surface area contributed by atoms with Crippen LogP contribution in [-0.4, -0.2) is 29.1 Å². The number of unbranched alkanes of at least 4 members (excludes halogenated alkanes) is 3. The van der Waals surface area contributed by atoms with E-state index in [1.165, 1.54) is 29.4 Å². The highest BCUT2D eigenvalue weighted by atomic mass is 16.5. The summed E-state index contributed by atoms with van der Waals surface area (Å²) >= 11 is 0. The average Bonchev–Trinajstić information content (AvgIpc) is 3.08. The molecule has 170 valence electrons. The Kier molecular flexibility index (Phi) is 8.90. The zero-order valence-electron chi connectivity index (χ0n) is 19.6. The van der Waals surface area contributed by atoms with Crippen LogP contribution in [0.25, 0.3) is 17.0 Å². The minimum Gasteiger partial charge on any atom is -0.497 e. The summed E-state index contributed by atoms with van der Waals surface area (Å²) in [6.07, 6.45) is 14.8. The Morgan fingerprint density at radius 1 is 1.16 bits per heavy atom. The highest BCUT2D eigenvalue weighted by molar-refractivity contribution is 5.94. The second-order valence-electron chi connectivity index (χ2n) is 8.21. The maximum Gasteiger partial charge on any atom is 0.244 e. The van der Waals surface area contributed by atoms with Gasteiger partial charge >= 0.3 is 0 Å². The Hall–Kier alpha value is -3.08. The summed E-state index contributed by atoms with van der Waals surface area (Å²) in [6.45, 7) is 2.90. The summed E-state index contributed by atoms with van der Waals surface area (Å²) in [6, 6.07) is 10.3. The number of rotatable bonds is 12. The number of carbonyl (C=O) groups is 1. The standard InChI is InChI=1S/C27H35N3O2/c1-4-5-6-12-23-24-14-13-22(32-3)19-26(24)30(2)25(23)15-16-27(31)29-18-8-7-10-21-11-9-17-28-20-21/h9,11,13-17,19-20H,4-8,10,12,18H2,1-3H3,(H,29,31). The van der Waals surface area contributed by atoms with Gasteiger partial charge in [-0.05, 0) is 67.5 Å². The third kappa shape index (κ3) is 6.22. The lowest BCUT2D eigenvalue weighted by Gasteiger charge is -2.05. The van der Waals surface area contributed by atoms with E-state index in [0.717, 1.165) is 49.1 Å². The van der Waals surface area contributed by atoms with Crippen molar-refractivity contribution in [3.63, 3.8) is 0 Å². The molecule has 0 atom stereocenters. The predicted molar refractivity (Wildman–Crippen MR) is 132 cm³/mol. The van der Waals surface area contributed by atoms with E-state index in [1.54, 1.807) is 19.4 Å². The maximum atomic E-state index is 12.4. The second-order valence-corrected chi connectivity index (χ2v) is 8.21. The number of benzene rings is 1. The van der Waals surface area contributed by atoms with Gasteiger partial charge in [-0.3, -0.25) is 9.78 Å². The van der Waals surface area contributed by atoms with Crippen molar-refractivity contribution in [2.24, 2.45) is 7.05 Å². The van der Waals surface area contributed by atoms with E-state index in [2.05, 4.69) is 47.0 Å². The number of ether oxygens (including phenoxy) is 1. The van der Waals surface area contributed by atoms with Gasteiger partial charge in [0.2, 0.25) is 5.91 Å². The average molecular weight is 434 g/mol. The van der Waals surface area contributed by atoms with E-state index in [4.69, 9.17) is 4.74 Å². The highest BCUT2D eigenvalue weighted by Crippen LogP contribution is 2.30. The van der Waals surface area contributed by atoms with Gasteiger partial charge in [0.25, 0.3) is 0 Å². The van der Waals surface area contributed by atoms with Gasteiger partial charge in [0, 0.05) is 49.2 Å². The molecular formula is C27H35N3O2. The number of aromatic nitrogens is 2. The smallest absolute Gasteiger partial charge is 0.244 e. The van der Waals surface area contributed by atoms with Crippen molar-refractivity contribution in [3.8, 4) is 5.75 Å². The van der Waals surface area contributed by atoms with Crippen LogP contribution in [0.5, 0.6) is 5.75 Å². The Labute approximate surface area is 191 Å². The normalized spacial score (nSPS) is 11.3. The molecule has 0 aliphatic carbocycles. The lowest BCUT2D eigenvalue weighted by atomic mass is 10.0. The van der Waals surface area contributed by atoms with E-state index in [-0.39, 0.29) is 5.91 Å². The van der Waals surface area contributed by atoms with Crippen LogP contribution in [0, 0.1) is 0 Å². The van der Waals surface area contributed by atoms with E-state index in [0.29, 0.717) is 6.54 Å². The predicted octanol–water partition coefficient (Wildman–Crippen LogP) is 5.47. The number of hydrogen-bond donors (Lipinski definition) is 1. The number of pyridine rings is 1. The van der Waals surface area contributed by atoms with E-state index in [9.17, 15) is 4.79 Å². The molecule has 0 saturated heterocycles. The maximum absolute atomic E-state index is 12.4. The first-order chi connectivity index (χ1) is 15.6. The van der Waals surface area contributed by atoms with Crippen molar-refractivity contribution in [2.75, 3.05) is 13.7 Å². The van der Waals surface area contributed by atoms with Crippen LogP contribution in [-0.2, 0) is 24.7 Å². The van der Waals surface area contributed by atoms with Gasteiger partial charge in [0.1, 0.15) is 5.75 Å². The fourth-order valence-corrected chi connectivity index (χ4v) is 4.09.